The van der Waals surface area contributed by atoms with E-state index in [0.717, 1.165) is 18.7 Å². The summed E-state index contributed by atoms with van der Waals surface area (Å²) in [4.78, 5) is 0. The van der Waals surface area contributed by atoms with E-state index in [1.54, 1.807) is 0 Å². The normalized spacial score (nSPS) is 13.5. The van der Waals surface area contributed by atoms with E-state index in [1.165, 1.54) is 99.3 Å². The number of aromatic nitrogens is 1. The molecular formula is C50H37BN2. The Morgan fingerprint density at radius 3 is 2.09 bits per heavy atom. The molecule has 3 heteroatoms. The van der Waals surface area contributed by atoms with Gasteiger partial charge in [0.25, 0.3) is 0 Å². The number of aryl methyl sites for hydroxylation is 1. The minimum Gasteiger partial charge on any atom is -0.355 e. The lowest BCUT2D eigenvalue weighted by molar-refractivity contribution is 0.632. The predicted molar refractivity (Wildman–Crippen MR) is 228 cm³/mol. The standard InChI is InChI=1S/C50H37BN2/c1-30-24-26-33(27-25-30)52-43-23-12-11-20-37(43)39-29-38(36-19-10-9-17-34(36)31-14-5-4-6-15-31)45-44-35-18-8-7-16-32(35)28-41-48(44)53-47-40(50(41,2)3)21-13-22-42(47)51-46(39)49(45)53/h4-29,51-52H,1-3H3. The van der Waals surface area contributed by atoms with Crippen molar-refractivity contribution in [3.8, 4) is 39.1 Å². The Labute approximate surface area is 310 Å². The van der Waals surface area contributed by atoms with E-state index in [0.29, 0.717) is 0 Å². The monoisotopic (exact) mass is 676 g/mol. The molecule has 2 aliphatic heterocycles. The van der Waals surface area contributed by atoms with Gasteiger partial charge in [-0.1, -0.05) is 152 Å². The van der Waals surface area contributed by atoms with Crippen LogP contribution in [0.5, 0.6) is 0 Å². The van der Waals surface area contributed by atoms with E-state index < -0.39 is 0 Å². The molecule has 0 unspecified atom stereocenters. The fourth-order valence-electron chi connectivity index (χ4n) is 9.52. The minimum atomic E-state index is -0.162. The van der Waals surface area contributed by atoms with Gasteiger partial charge in [-0.05, 0) is 92.4 Å². The van der Waals surface area contributed by atoms with Crippen molar-refractivity contribution < 1.29 is 0 Å². The number of fused-ring (bicyclic) bond motifs is 3. The van der Waals surface area contributed by atoms with Gasteiger partial charge in [-0.3, -0.25) is 0 Å². The maximum absolute atomic E-state index is 3.82. The molecule has 1 N–H and O–H groups in total. The summed E-state index contributed by atoms with van der Waals surface area (Å²) >= 11 is 0. The van der Waals surface area contributed by atoms with E-state index in [-0.39, 0.29) is 5.41 Å². The van der Waals surface area contributed by atoms with Gasteiger partial charge in [0.05, 0.1) is 5.52 Å². The third-order valence-electron chi connectivity index (χ3n) is 12.0. The van der Waals surface area contributed by atoms with Gasteiger partial charge in [0, 0.05) is 44.3 Å². The summed E-state index contributed by atoms with van der Waals surface area (Å²) in [5.41, 5.74) is 20.4. The molecule has 2 nitrogen and oxygen atoms in total. The van der Waals surface area contributed by atoms with E-state index in [4.69, 9.17) is 0 Å². The Morgan fingerprint density at radius 1 is 0.547 bits per heavy atom. The Balaban J connectivity index is 1.35. The molecule has 8 aromatic carbocycles. The quantitative estimate of drug-likeness (QED) is 0.180. The first-order chi connectivity index (χ1) is 26.0. The van der Waals surface area contributed by atoms with Gasteiger partial charge in [0.1, 0.15) is 0 Å². The van der Waals surface area contributed by atoms with E-state index in [1.807, 2.05) is 0 Å². The van der Waals surface area contributed by atoms with Crippen LogP contribution in [0.4, 0.5) is 11.4 Å². The molecule has 0 saturated carbocycles. The maximum atomic E-state index is 3.82. The number of rotatable bonds is 5. The zero-order valence-electron chi connectivity index (χ0n) is 30.2. The number of benzene rings is 8. The Kier molecular flexibility index (Phi) is 6.35. The van der Waals surface area contributed by atoms with Crippen molar-refractivity contribution in [2.24, 2.45) is 0 Å². The third kappa shape index (κ3) is 4.28. The number of nitrogens with one attached hydrogen (secondary N) is 1. The van der Waals surface area contributed by atoms with Crippen LogP contribution in [0.15, 0.2) is 158 Å². The SMILES string of the molecule is Cc1ccc(Nc2ccccc2-c2cc(-c3ccccc3-c3ccccc3)c3c4c5ccccc5cc5c4n4c3c2Bc2cccc(c2-4)C5(C)C)cc1. The van der Waals surface area contributed by atoms with Gasteiger partial charge in [-0.2, -0.15) is 0 Å². The lowest BCUT2D eigenvalue weighted by Crippen LogP contribution is -2.41. The zero-order chi connectivity index (χ0) is 35.4. The molecule has 0 atom stereocenters. The smallest absolute Gasteiger partial charge is 0.198 e. The fourth-order valence-corrected chi connectivity index (χ4v) is 9.52. The van der Waals surface area contributed by atoms with E-state index >= 15 is 0 Å². The topological polar surface area (TPSA) is 17.0 Å². The number of anilines is 2. The molecule has 0 radical (unpaired) electrons. The fraction of sp³-hybridized carbons (Fsp3) is 0.0800. The third-order valence-corrected chi connectivity index (χ3v) is 12.0. The molecule has 3 heterocycles. The molecular weight excluding hydrogens is 639 g/mol. The molecule has 11 rings (SSSR count). The van der Waals surface area contributed by atoms with Crippen molar-refractivity contribution in [1.29, 1.82) is 0 Å². The largest absolute Gasteiger partial charge is 0.355 e. The lowest BCUT2D eigenvalue weighted by Gasteiger charge is -2.38. The number of nitrogens with zero attached hydrogens (tertiary/aromatic N) is 1. The highest BCUT2D eigenvalue weighted by molar-refractivity contribution is 6.74. The van der Waals surface area contributed by atoms with Crippen LogP contribution in [0.2, 0.25) is 0 Å². The number of hydrogen-bond donors (Lipinski definition) is 1. The first kappa shape index (κ1) is 30.3. The molecule has 53 heavy (non-hydrogen) atoms. The molecule has 2 aliphatic rings. The van der Waals surface area contributed by atoms with Crippen LogP contribution in [0.3, 0.4) is 0 Å². The molecule has 9 aromatic rings. The highest BCUT2D eigenvalue weighted by atomic mass is 15.0. The van der Waals surface area contributed by atoms with Gasteiger partial charge < -0.3 is 9.88 Å². The van der Waals surface area contributed by atoms with Gasteiger partial charge in [0.15, 0.2) is 7.28 Å². The molecule has 0 bridgehead atoms. The Hall–Kier alpha value is -6.32. The number of hydrogen-bond acceptors (Lipinski definition) is 1. The first-order valence-corrected chi connectivity index (χ1v) is 18.7. The first-order valence-electron chi connectivity index (χ1n) is 18.7. The van der Waals surface area contributed by atoms with Gasteiger partial charge in [-0.15, -0.1) is 0 Å². The highest BCUT2D eigenvalue weighted by Crippen LogP contribution is 2.53. The van der Waals surface area contributed by atoms with Crippen molar-refractivity contribution in [3.05, 3.63) is 174 Å². The van der Waals surface area contributed by atoms with Crippen LogP contribution in [-0.4, -0.2) is 11.8 Å². The summed E-state index contributed by atoms with van der Waals surface area (Å²) in [6, 6.07) is 58.5. The average molecular weight is 677 g/mol. The average Bonchev–Trinajstić information content (AvgIpc) is 3.56. The van der Waals surface area contributed by atoms with Crippen LogP contribution in [0.25, 0.3) is 71.6 Å². The van der Waals surface area contributed by atoms with Crippen molar-refractivity contribution in [2.75, 3.05) is 5.32 Å². The second-order valence-electron chi connectivity index (χ2n) is 15.4. The Bertz CT molecular complexity index is 2970. The number of para-hydroxylation sites is 2. The molecule has 0 aliphatic carbocycles. The lowest BCUT2D eigenvalue weighted by atomic mass is 9.57. The van der Waals surface area contributed by atoms with Crippen molar-refractivity contribution >= 4 is 62.2 Å². The molecule has 0 fully saturated rings. The summed E-state index contributed by atoms with van der Waals surface area (Å²) in [6.45, 7) is 6.99. The maximum Gasteiger partial charge on any atom is 0.198 e. The van der Waals surface area contributed by atoms with Crippen LogP contribution >= 0.6 is 0 Å². The van der Waals surface area contributed by atoms with Gasteiger partial charge in [-0.25, -0.2) is 0 Å². The Morgan fingerprint density at radius 2 is 1.26 bits per heavy atom. The predicted octanol–water partition coefficient (Wildman–Crippen LogP) is 11.3. The molecule has 0 spiro atoms. The molecule has 0 saturated heterocycles. The molecule has 0 amide bonds. The zero-order valence-corrected chi connectivity index (χ0v) is 30.2. The summed E-state index contributed by atoms with van der Waals surface area (Å²) in [5, 5.41) is 9.13. The second-order valence-corrected chi connectivity index (χ2v) is 15.4. The summed E-state index contributed by atoms with van der Waals surface area (Å²) in [5.74, 6) is 0. The van der Waals surface area contributed by atoms with E-state index in [9.17, 15) is 0 Å². The van der Waals surface area contributed by atoms with Crippen LogP contribution in [0, 0.1) is 6.92 Å². The molecule has 1 aromatic heterocycles. The molecule has 250 valence electrons. The van der Waals surface area contributed by atoms with Crippen molar-refractivity contribution in [2.45, 2.75) is 26.2 Å². The van der Waals surface area contributed by atoms with Gasteiger partial charge >= 0.3 is 0 Å². The summed E-state index contributed by atoms with van der Waals surface area (Å²) in [7, 11) is 0.869. The summed E-state index contributed by atoms with van der Waals surface area (Å²) in [6.07, 6.45) is 0. The summed E-state index contributed by atoms with van der Waals surface area (Å²) < 4.78 is 2.68. The van der Waals surface area contributed by atoms with Crippen LogP contribution in [-0.2, 0) is 5.41 Å². The van der Waals surface area contributed by atoms with Gasteiger partial charge in [0.2, 0.25) is 0 Å². The van der Waals surface area contributed by atoms with Crippen molar-refractivity contribution in [3.63, 3.8) is 0 Å². The van der Waals surface area contributed by atoms with Crippen LogP contribution < -0.4 is 16.2 Å². The minimum absolute atomic E-state index is 0.162. The van der Waals surface area contributed by atoms with Crippen molar-refractivity contribution in [1.82, 2.24) is 4.57 Å². The van der Waals surface area contributed by atoms with Crippen LogP contribution in [0.1, 0.15) is 30.5 Å². The highest BCUT2D eigenvalue weighted by Gasteiger charge is 2.40. The van der Waals surface area contributed by atoms with E-state index in [2.05, 4.69) is 188 Å². The second kappa shape index (κ2) is 11.1.